The average Bonchev–Trinajstić information content (AvgIpc) is 3.10. The van der Waals surface area contributed by atoms with Gasteiger partial charge in [-0.25, -0.2) is 9.59 Å². The van der Waals surface area contributed by atoms with Crippen LogP contribution in [-0.2, 0) is 6.42 Å². The van der Waals surface area contributed by atoms with Crippen LogP contribution < -0.4 is 21.3 Å². The second-order valence-electron chi connectivity index (χ2n) is 13.6. The average molecular weight is 679 g/mol. The summed E-state index contributed by atoms with van der Waals surface area (Å²) < 4.78 is 0. The van der Waals surface area contributed by atoms with Crippen LogP contribution >= 0.6 is 0 Å². The van der Waals surface area contributed by atoms with Crippen LogP contribution in [0.1, 0.15) is 142 Å². The van der Waals surface area contributed by atoms with Gasteiger partial charge in [0.25, 0.3) is 0 Å². The van der Waals surface area contributed by atoms with E-state index in [9.17, 15) is 9.59 Å². The van der Waals surface area contributed by atoms with Gasteiger partial charge < -0.3 is 21.3 Å². The second-order valence-corrected chi connectivity index (χ2v) is 13.6. The number of hydrogen-bond donors (Lipinski definition) is 4. The van der Waals surface area contributed by atoms with E-state index in [1.165, 1.54) is 103 Å². The van der Waals surface area contributed by atoms with E-state index in [0.717, 1.165) is 55.1 Å². The molecular formula is C41H70N6O2. The number of anilines is 2. The maximum absolute atomic E-state index is 12.7. The van der Waals surface area contributed by atoms with Crippen LogP contribution in [0.2, 0.25) is 0 Å². The summed E-state index contributed by atoms with van der Waals surface area (Å²) in [6.07, 6.45) is 20.5. The van der Waals surface area contributed by atoms with Gasteiger partial charge in [0.05, 0.1) is 13.3 Å². The van der Waals surface area contributed by atoms with Crippen molar-refractivity contribution in [1.29, 1.82) is 0 Å². The van der Waals surface area contributed by atoms with Crippen molar-refractivity contribution in [2.75, 3.05) is 50.1 Å². The van der Waals surface area contributed by atoms with E-state index in [1.807, 2.05) is 24.3 Å². The van der Waals surface area contributed by atoms with Crippen molar-refractivity contribution >= 4 is 23.4 Å². The molecule has 0 radical (unpaired) electrons. The molecule has 0 fully saturated rings. The Morgan fingerprint density at radius 1 is 0.449 bits per heavy atom. The van der Waals surface area contributed by atoms with Gasteiger partial charge in [0.2, 0.25) is 0 Å². The molecule has 0 aliphatic rings. The number of carbonyl (C=O) groups excluding carboxylic acids is 2. The summed E-state index contributed by atoms with van der Waals surface area (Å²) in [4.78, 5) is 30.1. The van der Waals surface area contributed by atoms with E-state index in [2.05, 4.69) is 83.0 Å². The minimum absolute atomic E-state index is 0.169. The number of hydrogen-bond acceptors (Lipinski definition) is 4. The van der Waals surface area contributed by atoms with E-state index >= 15 is 0 Å². The number of benzene rings is 2. The van der Waals surface area contributed by atoms with E-state index < -0.39 is 0 Å². The summed E-state index contributed by atoms with van der Waals surface area (Å²) in [5.41, 5.74) is 3.88. The first-order chi connectivity index (χ1) is 24.0. The molecule has 0 unspecified atom stereocenters. The molecule has 4 amide bonds. The lowest BCUT2D eigenvalue weighted by Gasteiger charge is -2.23. The third kappa shape index (κ3) is 20.9. The molecule has 0 aliphatic heterocycles. The topological polar surface area (TPSA) is 88.7 Å². The van der Waals surface area contributed by atoms with Crippen molar-refractivity contribution in [2.24, 2.45) is 0 Å². The lowest BCUT2D eigenvalue weighted by molar-refractivity contribution is 0.223. The maximum Gasteiger partial charge on any atom is 0.320 e. The number of carbonyl (C=O) groups is 2. The summed E-state index contributed by atoms with van der Waals surface area (Å²) in [5, 5.41) is 12.1. The zero-order chi connectivity index (χ0) is 35.4. The van der Waals surface area contributed by atoms with Crippen molar-refractivity contribution in [1.82, 2.24) is 20.4 Å². The highest BCUT2D eigenvalue weighted by Crippen LogP contribution is 2.16. The van der Waals surface area contributed by atoms with Gasteiger partial charge in [0.15, 0.2) is 0 Å². The number of amides is 4. The van der Waals surface area contributed by atoms with E-state index in [1.54, 1.807) is 0 Å². The Kier molecular flexibility index (Phi) is 23.8. The summed E-state index contributed by atoms with van der Waals surface area (Å²) in [5.74, 6) is 0. The molecule has 8 heteroatoms. The van der Waals surface area contributed by atoms with E-state index in [4.69, 9.17) is 0 Å². The SMILES string of the molecule is CCCCCCCN(CCCCC)CNC(=O)Nc1ccc(Cc2ccc(NC(=O)NCN(CCCCC)CCCCCCC)cc2)cc1. The van der Waals surface area contributed by atoms with Crippen LogP contribution in [-0.4, -0.2) is 61.4 Å². The predicted octanol–water partition coefficient (Wildman–Crippen LogP) is 10.4. The fraction of sp³-hybridized carbons (Fsp3) is 0.659. The smallest absolute Gasteiger partial charge is 0.320 e. The summed E-state index contributed by atoms with van der Waals surface area (Å²) in [7, 11) is 0. The first-order valence-electron chi connectivity index (χ1n) is 19.7. The minimum atomic E-state index is -0.169. The standard InChI is InChI=1S/C41H70N6O2/c1-5-9-13-15-19-31-46(29-17-11-7-3)34-42-40(48)44-38-25-21-36(22-26-38)33-37-23-27-39(28-24-37)45-41(49)43-35-47(30-18-12-8-4)32-20-16-14-10-6-2/h21-28H,5-20,29-35H2,1-4H3,(H2,42,44,48)(H2,43,45,49). The van der Waals surface area contributed by atoms with Gasteiger partial charge in [-0.2, -0.15) is 0 Å². The molecule has 2 rings (SSSR count). The molecule has 276 valence electrons. The Balaban J connectivity index is 1.76. The molecule has 0 bridgehead atoms. The number of unbranched alkanes of at least 4 members (excludes halogenated alkanes) is 12. The lowest BCUT2D eigenvalue weighted by atomic mass is 10.0. The third-order valence-corrected chi connectivity index (χ3v) is 9.07. The Hall–Kier alpha value is -3.10. The van der Waals surface area contributed by atoms with Gasteiger partial charge in [-0.3, -0.25) is 9.80 Å². The molecule has 0 heterocycles. The largest absolute Gasteiger partial charge is 0.325 e. The van der Waals surface area contributed by atoms with Gasteiger partial charge in [0, 0.05) is 11.4 Å². The monoisotopic (exact) mass is 679 g/mol. The summed E-state index contributed by atoms with van der Waals surface area (Å²) in [6, 6.07) is 15.7. The Morgan fingerprint density at radius 3 is 1.10 bits per heavy atom. The second kappa shape index (κ2) is 27.7. The van der Waals surface area contributed by atoms with Crippen molar-refractivity contribution in [3.8, 4) is 0 Å². The zero-order valence-corrected chi connectivity index (χ0v) is 31.6. The molecule has 0 spiro atoms. The van der Waals surface area contributed by atoms with Crippen molar-refractivity contribution in [2.45, 2.75) is 137 Å². The highest BCUT2D eigenvalue weighted by Gasteiger charge is 2.10. The van der Waals surface area contributed by atoms with Crippen molar-refractivity contribution in [3.63, 3.8) is 0 Å². The molecule has 49 heavy (non-hydrogen) atoms. The fourth-order valence-electron chi connectivity index (χ4n) is 5.95. The van der Waals surface area contributed by atoms with Crippen molar-refractivity contribution in [3.05, 3.63) is 59.7 Å². The van der Waals surface area contributed by atoms with Gasteiger partial charge in [-0.05, 0) is 93.7 Å². The number of nitrogens with zero attached hydrogens (tertiary/aromatic N) is 2. The third-order valence-electron chi connectivity index (χ3n) is 9.07. The number of urea groups is 2. The van der Waals surface area contributed by atoms with E-state index in [0.29, 0.717) is 13.3 Å². The molecule has 0 atom stereocenters. The van der Waals surface area contributed by atoms with Gasteiger partial charge in [0.1, 0.15) is 0 Å². The van der Waals surface area contributed by atoms with Crippen LogP contribution in [0.3, 0.4) is 0 Å². The Labute approximate surface area is 299 Å². The molecule has 2 aromatic rings. The highest BCUT2D eigenvalue weighted by atomic mass is 16.2. The molecule has 0 saturated heterocycles. The van der Waals surface area contributed by atoms with E-state index in [-0.39, 0.29) is 12.1 Å². The van der Waals surface area contributed by atoms with Gasteiger partial charge in [-0.1, -0.05) is 129 Å². The first kappa shape index (κ1) is 42.1. The Morgan fingerprint density at radius 2 is 0.755 bits per heavy atom. The normalized spacial score (nSPS) is 11.2. The highest BCUT2D eigenvalue weighted by molar-refractivity contribution is 5.89. The fourth-order valence-corrected chi connectivity index (χ4v) is 5.95. The maximum atomic E-state index is 12.7. The quantitative estimate of drug-likeness (QED) is 0.0533. The van der Waals surface area contributed by atoms with Crippen LogP contribution in [0.4, 0.5) is 21.0 Å². The molecule has 4 N–H and O–H groups in total. The predicted molar refractivity (Wildman–Crippen MR) is 209 cm³/mol. The van der Waals surface area contributed by atoms with Crippen LogP contribution in [0.15, 0.2) is 48.5 Å². The molecule has 2 aromatic carbocycles. The van der Waals surface area contributed by atoms with Crippen LogP contribution in [0.5, 0.6) is 0 Å². The molecule has 0 saturated carbocycles. The minimum Gasteiger partial charge on any atom is -0.325 e. The lowest BCUT2D eigenvalue weighted by Crippen LogP contribution is -2.40. The molecule has 8 nitrogen and oxygen atoms in total. The molecule has 0 aliphatic carbocycles. The molecule has 0 aromatic heterocycles. The number of nitrogens with one attached hydrogen (secondary N) is 4. The van der Waals surface area contributed by atoms with Crippen LogP contribution in [0.25, 0.3) is 0 Å². The van der Waals surface area contributed by atoms with Gasteiger partial charge >= 0.3 is 12.1 Å². The Bertz CT molecular complexity index is 1020. The summed E-state index contributed by atoms with van der Waals surface area (Å²) in [6.45, 7) is 14.2. The van der Waals surface area contributed by atoms with Crippen LogP contribution in [0, 0.1) is 0 Å². The van der Waals surface area contributed by atoms with Gasteiger partial charge in [-0.15, -0.1) is 0 Å². The first-order valence-corrected chi connectivity index (χ1v) is 19.7. The summed E-state index contributed by atoms with van der Waals surface area (Å²) >= 11 is 0. The number of rotatable bonds is 28. The zero-order valence-electron chi connectivity index (χ0n) is 31.6. The molecular weight excluding hydrogens is 608 g/mol. The van der Waals surface area contributed by atoms with Crippen molar-refractivity contribution < 1.29 is 9.59 Å².